The Kier molecular flexibility index (Phi) is 5.34. The van der Waals surface area contributed by atoms with E-state index in [1.165, 1.54) is 0 Å². The Bertz CT molecular complexity index is 611. The first-order valence-corrected chi connectivity index (χ1v) is 7.61. The molecule has 0 aliphatic heterocycles. The minimum absolute atomic E-state index is 0.00201. The van der Waals surface area contributed by atoms with Crippen molar-refractivity contribution < 1.29 is 0 Å². The molecule has 2 aromatic rings. The molecule has 0 amide bonds. The van der Waals surface area contributed by atoms with E-state index in [-0.39, 0.29) is 6.04 Å². The Labute approximate surface area is 134 Å². The second-order valence-electron chi connectivity index (χ2n) is 4.64. The van der Waals surface area contributed by atoms with Crippen LogP contribution in [0.2, 0.25) is 15.1 Å². The molecule has 2 rings (SSSR count). The molecular weight excluding hydrogens is 313 g/mol. The Balaban J connectivity index is 2.50. The van der Waals surface area contributed by atoms with Gasteiger partial charge in [-0.3, -0.25) is 0 Å². The van der Waals surface area contributed by atoms with Crippen LogP contribution < -0.4 is 5.32 Å². The lowest BCUT2D eigenvalue weighted by atomic mass is 9.97. The third kappa shape index (κ3) is 3.29. The number of hydrogen-bond donors (Lipinski definition) is 1. The van der Waals surface area contributed by atoms with Crippen LogP contribution in [0, 0.1) is 6.92 Å². The van der Waals surface area contributed by atoms with Crippen LogP contribution in [-0.4, -0.2) is 6.54 Å². The predicted octanol–water partition coefficient (Wildman–Crippen LogP) is 5.65. The SMILES string of the molecule is CCNC(c1ccc(Cl)c(C)c1)c1cccc(Cl)c1Cl. The summed E-state index contributed by atoms with van der Waals surface area (Å²) in [5.41, 5.74) is 3.14. The van der Waals surface area contributed by atoms with Gasteiger partial charge >= 0.3 is 0 Å². The molecule has 0 saturated heterocycles. The van der Waals surface area contributed by atoms with Gasteiger partial charge in [-0.05, 0) is 42.3 Å². The van der Waals surface area contributed by atoms with Crippen molar-refractivity contribution in [3.05, 3.63) is 68.2 Å². The summed E-state index contributed by atoms with van der Waals surface area (Å²) in [7, 11) is 0. The lowest BCUT2D eigenvalue weighted by molar-refractivity contribution is 0.630. The average molecular weight is 329 g/mol. The molecule has 0 heterocycles. The van der Waals surface area contributed by atoms with Gasteiger partial charge in [-0.15, -0.1) is 0 Å². The summed E-state index contributed by atoms with van der Waals surface area (Å²) in [6.45, 7) is 4.89. The molecular formula is C16H16Cl3N. The first-order chi connectivity index (χ1) is 9.54. The molecule has 20 heavy (non-hydrogen) atoms. The monoisotopic (exact) mass is 327 g/mol. The summed E-state index contributed by atoms with van der Waals surface area (Å²) in [5, 5.41) is 5.37. The zero-order valence-corrected chi connectivity index (χ0v) is 13.7. The molecule has 0 saturated carbocycles. The van der Waals surface area contributed by atoms with Crippen molar-refractivity contribution in [2.24, 2.45) is 0 Å². The highest BCUT2D eigenvalue weighted by molar-refractivity contribution is 6.42. The molecule has 1 atom stereocenters. The fourth-order valence-corrected chi connectivity index (χ4v) is 2.74. The number of rotatable bonds is 4. The van der Waals surface area contributed by atoms with E-state index in [1.807, 2.05) is 31.2 Å². The van der Waals surface area contributed by atoms with Crippen LogP contribution in [0.15, 0.2) is 36.4 Å². The maximum atomic E-state index is 6.35. The second-order valence-corrected chi connectivity index (χ2v) is 5.83. The number of hydrogen-bond acceptors (Lipinski definition) is 1. The van der Waals surface area contributed by atoms with Gasteiger partial charge in [0.05, 0.1) is 16.1 Å². The largest absolute Gasteiger partial charge is 0.306 e. The smallest absolute Gasteiger partial charge is 0.0643 e. The van der Waals surface area contributed by atoms with Gasteiger partial charge in [0.1, 0.15) is 0 Å². The van der Waals surface area contributed by atoms with Gasteiger partial charge in [-0.1, -0.05) is 66.0 Å². The van der Waals surface area contributed by atoms with E-state index in [2.05, 4.69) is 18.3 Å². The topological polar surface area (TPSA) is 12.0 Å². The molecule has 0 aliphatic rings. The molecule has 4 heteroatoms. The van der Waals surface area contributed by atoms with Gasteiger partial charge in [-0.25, -0.2) is 0 Å². The summed E-state index contributed by atoms with van der Waals surface area (Å²) in [5.74, 6) is 0. The number of benzene rings is 2. The molecule has 0 aliphatic carbocycles. The summed E-state index contributed by atoms with van der Waals surface area (Å²) in [6.07, 6.45) is 0. The average Bonchev–Trinajstić information content (AvgIpc) is 2.43. The zero-order valence-electron chi connectivity index (χ0n) is 11.4. The third-order valence-corrected chi connectivity index (χ3v) is 4.47. The highest BCUT2D eigenvalue weighted by Crippen LogP contribution is 2.34. The maximum Gasteiger partial charge on any atom is 0.0643 e. The van der Waals surface area contributed by atoms with Crippen molar-refractivity contribution in [2.45, 2.75) is 19.9 Å². The number of aryl methyl sites for hydroxylation is 1. The molecule has 0 bridgehead atoms. The summed E-state index contributed by atoms with van der Waals surface area (Å²) >= 11 is 18.6. The highest BCUT2D eigenvalue weighted by atomic mass is 35.5. The molecule has 0 fully saturated rings. The van der Waals surface area contributed by atoms with Crippen LogP contribution in [0.5, 0.6) is 0 Å². The van der Waals surface area contributed by atoms with E-state index in [0.717, 1.165) is 28.3 Å². The summed E-state index contributed by atoms with van der Waals surface area (Å²) < 4.78 is 0. The van der Waals surface area contributed by atoms with Crippen LogP contribution in [0.4, 0.5) is 0 Å². The first kappa shape index (κ1) is 15.7. The van der Waals surface area contributed by atoms with E-state index < -0.39 is 0 Å². The zero-order chi connectivity index (χ0) is 14.7. The van der Waals surface area contributed by atoms with E-state index >= 15 is 0 Å². The van der Waals surface area contributed by atoms with Gasteiger partial charge in [0.2, 0.25) is 0 Å². The van der Waals surface area contributed by atoms with Crippen LogP contribution in [-0.2, 0) is 0 Å². The number of nitrogens with one attached hydrogen (secondary N) is 1. The lowest BCUT2D eigenvalue weighted by Gasteiger charge is -2.21. The van der Waals surface area contributed by atoms with Gasteiger partial charge in [-0.2, -0.15) is 0 Å². The minimum atomic E-state index is 0.00201. The van der Waals surface area contributed by atoms with E-state index in [9.17, 15) is 0 Å². The van der Waals surface area contributed by atoms with E-state index in [1.54, 1.807) is 6.07 Å². The lowest BCUT2D eigenvalue weighted by Crippen LogP contribution is -2.22. The van der Waals surface area contributed by atoms with Crippen LogP contribution in [0.25, 0.3) is 0 Å². The maximum absolute atomic E-state index is 6.35. The van der Waals surface area contributed by atoms with Gasteiger partial charge in [0.15, 0.2) is 0 Å². The molecule has 0 aromatic heterocycles. The van der Waals surface area contributed by atoms with Crippen molar-refractivity contribution in [1.29, 1.82) is 0 Å². The number of halogens is 3. The Morgan fingerprint density at radius 2 is 1.80 bits per heavy atom. The molecule has 1 nitrogen and oxygen atoms in total. The predicted molar refractivity (Wildman–Crippen MR) is 88.2 cm³/mol. The summed E-state index contributed by atoms with van der Waals surface area (Å²) in [6, 6.07) is 11.7. The first-order valence-electron chi connectivity index (χ1n) is 6.48. The minimum Gasteiger partial charge on any atom is -0.306 e. The van der Waals surface area contributed by atoms with Crippen molar-refractivity contribution in [1.82, 2.24) is 5.32 Å². The van der Waals surface area contributed by atoms with Crippen molar-refractivity contribution in [3.8, 4) is 0 Å². The molecule has 106 valence electrons. The van der Waals surface area contributed by atoms with E-state index in [4.69, 9.17) is 34.8 Å². The van der Waals surface area contributed by atoms with Gasteiger partial charge in [0, 0.05) is 5.02 Å². The Morgan fingerprint density at radius 1 is 1.05 bits per heavy atom. The van der Waals surface area contributed by atoms with Crippen LogP contribution >= 0.6 is 34.8 Å². The Morgan fingerprint density at radius 3 is 2.45 bits per heavy atom. The summed E-state index contributed by atoms with van der Waals surface area (Å²) in [4.78, 5) is 0. The fraction of sp³-hybridized carbons (Fsp3) is 0.250. The van der Waals surface area contributed by atoms with Crippen LogP contribution in [0.1, 0.15) is 29.7 Å². The molecule has 2 aromatic carbocycles. The van der Waals surface area contributed by atoms with Crippen molar-refractivity contribution in [3.63, 3.8) is 0 Å². The molecule has 1 N–H and O–H groups in total. The van der Waals surface area contributed by atoms with Gasteiger partial charge in [0.25, 0.3) is 0 Å². The van der Waals surface area contributed by atoms with Gasteiger partial charge < -0.3 is 5.32 Å². The second kappa shape index (κ2) is 6.82. The Hall–Kier alpha value is -0.730. The fourth-order valence-electron chi connectivity index (χ4n) is 2.20. The molecule has 0 spiro atoms. The molecule has 1 unspecified atom stereocenters. The highest BCUT2D eigenvalue weighted by Gasteiger charge is 2.18. The normalized spacial score (nSPS) is 12.4. The van der Waals surface area contributed by atoms with Crippen molar-refractivity contribution >= 4 is 34.8 Å². The standard InChI is InChI=1S/C16H16Cl3N/c1-3-20-16(11-7-8-13(17)10(2)9-11)12-5-4-6-14(18)15(12)19/h4-9,16,20H,3H2,1-2H3. The van der Waals surface area contributed by atoms with Crippen molar-refractivity contribution in [2.75, 3.05) is 6.54 Å². The molecule has 0 radical (unpaired) electrons. The quantitative estimate of drug-likeness (QED) is 0.764. The van der Waals surface area contributed by atoms with E-state index in [0.29, 0.717) is 10.0 Å². The van der Waals surface area contributed by atoms with Crippen LogP contribution in [0.3, 0.4) is 0 Å². The third-order valence-electron chi connectivity index (χ3n) is 3.22.